The maximum absolute atomic E-state index is 10.5. The molecule has 1 aliphatic rings. The molecular formula is C7H10O4. The molecule has 4 heteroatoms. The third-order valence-electron chi connectivity index (χ3n) is 1.64. The Labute approximate surface area is 64.2 Å². The molecule has 0 amide bonds. The lowest BCUT2D eigenvalue weighted by Gasteiger charge is -2.11. The van der Waals surface area contributed by atoms with Crippen LogP contribution in [0.1, 0.15) is 26.2 Å². The normalized spacial score (nSPS) is 19.0. The largest absolute Gasteiger partial charge is 0.481 e. The summed E-state index contributed by atoms with van der Waals surface area (Å²) in [5.41, 5.74) is -0.655. The molecule has 11 heavy (non-hydrogen) atoms. The zero-order valence-corrected chi connectivity index (χ0v) is 6.29. The predicted octanol–water partition coefficient (Wildman–Crippen LogP) is 0.557. The minimum absolute atomic E-state index is 0.0629. The Bertz CT molecular complexity index is 175. The molecule has 0 saturated heterocycles. The molecule has 0 aromatic carbocycles. The number of esters is 1. The van der Waals surface area contributed by atoms with Crippen LogP contribution in [0.5, 0.6) is 0 Å². The molecule has 1 N–H and O–H groups in total. The van der Waals surface area contributed by atoms with E-state index in [4.69, 9.17) is 9.84 Å². The summed E-state index contributed by atoms with van der Waals surface area (Å²) in [4.78, 5) is 20.7. The molecule has 0 aliphatic heterocycles. The predicted molar refractivity (Wildman–Crippen MR) is 36.0 cm³/mol. The maximum Gasteiger partial charge on any atom is 0.307 e. The Morgan fingerprint density at radius 2 is 2.09 bits per heavy atom. The van der Waals surface area contributed by atoms with Crippen molar-refractivity contribution in [3.05, 3.63) is 0 Å². The highest BCUT2D eigenvalue weighted by Gasteiger charge is 2.48. The van der Waals surface area contributed by atoms with Crippen LogP contribution < -0.4 is 0 Å². The van der Waals surface area contributed by atoms with Crippen LogP contribution in [-0.4, -0.2) is 22.6 Å². The van der Waals surface area contributed by atoms with E-state index < -0.39 is 17.5 Å². The Morgan fingerprint density at radius 3 is 2.36 bits per heavy atom. The van der Waals surface area contributed by atoms with E-state index in [1.807, 2.05) is 0 Å². The van der Waals surface area contributed by atoms with Gasteiger partial charge in [-0.2, -0.15) is 0 Å². The highest BCUT2D eigenvalue weighted by Crippen LogP contribution is 2.42. The molecule has 0 aromatic rings. The van der Waals surface area contributed by atoms with Crippen LogP contribution in [0.25, 0.3) is 0 Å². The summed E-state index contributed by atoms with van der Waals surface area (Å²) >= 11 is 0. The average Bonchev–Trinajstić information content (AvgIpc) is 2.43. The second-order valence-corrected chi connectivity index (χ2v) is 2.85. The van der Waals surface area contributed by atoms with Gasteiger partial charge in [0.2, 0.25) is 0 Å². The lowest BCUT2D eigenvalue weighted by molar-refractivity contribution is -0.153. The van der Waals surface area contributed by atoms with Gasteiger partial charge in [0.1, 0.15) is 5.60 Å². The molecule has 0 bridgehead atoms. The van der Waals surface area contributed by atoms with Crippen molar-refractivity contribution >= 4 is 11.9 Å². The molecule has 0 atom stereocenters. The summed E-state index contributed by atoms with van der Waals surface area (Å²) < 4.78 is 4.84. The smallest absolute Gasteiger partial charge is 0.307 e. The molecular weight excluding hydrogens is 148 g/mol. The van der Waals surface area contributed by atoms with Crippen LogP contribution >= 0.6 is 0 Å². The first-order valence-electron chi connectivity index (χ1n) is 3.45. The monoisotopic (exact) mass is 158 g/mol. The fourth-order valence-corrected chi connectivity index (χ4v) is 1.03. The highest BCUT2D eigenvalue weighted by atomic mass is 16.6. The van der Waals surface area contributed by atoms with Gasteiger partial charge >= 0.3 is 11.9 Å². The fraction of sp³-hybridized carbons (Fsp3) is 0.714. The highest BCUT2D eigenvalue weighted by molar-refractivity contribution is 5.71. The first-order chi connectivity index (χ1) is 5.04. The van der Waals surface area contributed by atoms with Crippen LogP contribution in [-0.2, 0) is 14.3 Å². The average molecular weight is 158 g/mol. The molecule has 1 aliphatic carbocycles. The summed E-state index contributed by atoms with van der Waals surface area (Å²) in [6, 6.07) is 0. The number of hydrogen-bond acceptors (Lipinski definition) is 3. The number of rotatable bonds is 3. The molecule has 62 valence electrons. The standard InChI is InChI=1S/C7H10O4/c1-5(8)11-7(2-3-7)4-6(9)10/h2-4H2,1H3,(H,9,10). The number of carbonyl (C=O) groups is 2. The number of carboxylic acids is 1. The van der Waals surface area contributed by atoms with E-state index in [2.05, 4.69) is 0 Å². The van der Waals surface area contributed by atoms with Gasteiger partial charge in [0.25, 0.3) is 0 Å². The second-order valence-electron chi connectivity index (χ2n) is 2.85. The van der Waals surface area contributed by atoms with Gasteiger partial charge in [-0.05, 0) is 12.8 Å². The Hall–Kier alpha value is -1.06. The molecule has 1 rings (SSSR count). The topological polar surface area (TPSA) is 63.6 Å². The van der Waals surface area contributed by atoms with Gasteiger partial charge in [-0.15, -0.1) is 0 Å². The zero-order valence-electron chi connectivity index (χ0n) is 6.29. The van der Waals surface area contributed by atoms with Crippen LogP contribution in [0.4, 0.5) is 0 Å². The van der Waals surface area contributed by atoms with Crippen LogP contribution in [0.2, 0.25) is 0 Å². The number of ether oxygens (including phenoxy) is 1. The Kier molecular flexibility index (Phi) is 1.85. The van der Waals surface area contributed by atoms with E-state index in [0.717, 1.165) is 0 Å². The van der Waals surface area contributed by atoms with Gasteiger partial charge in [-0.3, -0.25) is 9.59 Å². The summed E-state index contributed by atoms with van der Waals surface area (Å²) in [6.07, 6.45) is 1.30. The van der Waals surface area contributed by atoms with Crippen LogP contribution in [0.15, 0.2) is 0 Å². The second kappa shape index (κ2) is 2.53. The first-order valence-corrected chi connectivity index (χ1v) is 3.45. The molecule has 0 aromatic heterocycles. The Morgan fingerprint density at radius 1 is 1.55 bits per heavy atom. The summed E-state index contributed by atoms with van der Waals surface area (Å²) in [7, 11) is 0. The van der Waals surface area contributed by atoms with E-state index in [0.29, 0.717) is 12.8 Å². The van der Waals surface area contributed by atoms with Crippen LogP contribution in [0, 0.1) is 0 Å². The van der Waals surface area contributed by atoms with Crippen molar-refractivity contribution < 1.29 is 19.4 Å². The van der Waals surface area contributed by atoms with E-state index in [1.54, 1.807) is 0 Å². The van der Waals surface area contributed by atoms with E-state index in [1.165, 1.54) is 6.92 Å². The van der Waals surface area contributed by atoms with Gasteiger partial charge in [0.05, 0.1) is 6.42 Å². The van der Waals surface area contributed by atoms with E-state index >= 15 is 0 Å². The molecule has 0 heterocycles. The van der Waals surface area contributed by atoms with E-state index in [-0.39, 0.29) is 6.42 Å². The molecule has 0 spiro atoms. The van der Waals surface area contributed by atoms with Gasteiger partial charge in [-0.1, -0.05) is 0 Å². The SMILES string of the molecule is CC(=O)OC1(CC(=O)O)CC1. The van der Waals surface area contributed by atoms with Crippen LogP contribution in [0.3, 0.4) is 0 Å². The van der Waals surface area contributed by atoms with E-state index in [9.17, 15) is 9.59 Å². The van der Waals surface area contributed by atoms with Crippen molar-refractivity contribution in [1.29, 1.82) is 0 Å². The molecule has 0 unspecified atom stereocenters. The number of carboxylic acid groups (broad SMARTS) is 1. The molecule has 1 fully saturated rings. The minimum atomic E-state index is -0.913. The van der Waals surface area contributed by atoms with Crippen molar-refractivity contribution in [2.45, 2.75) is 31.8 Å². The maximum atomic E-state index is 10.5. The number of hydrogen-bond donors (Lipinski definition) is 1. The van der Waals surface area contributed by atoms with Gasteiger partial charge in [0, 0.05) is 6.92 Å². The summed E-state index contributed by atoms with van der Waals surface area (Å²) in [5.74, 6) is -1.31. The number of carbonyl (C=O) groups excluding carboxylic acids is 1. The lowest BCUT2D eigenvalue weighted by Crippen LogP contribution is -2.21. The fourth-order valence-electron chi connectivity index (χ4n) is 1.03. The Balaban J connectivity index is 2.41. The quantitative estimate of drug-likeness (QED) is 0.609. The number of aliphatic carboxylic acids is 1. The molecule has 4 nitrogen and oxygen atoms in total. The van der Waals surface area contributed by atoms with Gasteiger partial charge < -0.3 is 9.84 Å². The molecule has 0 radical (unpaired) electrons. The van der Waals surface area contributed by atoms with Crippen molar-refractivity contribution in [3.63, 3.8) is 0 Å². The first kappa shape index (κ1) is 8.04. The van der Waals surface area contributed by atoms with Crippen molar-refractivity contribution in [1.82, 2.24) is 0 Å². The minimum Gasteiger partial charge on any atom is -0.481 e. The summed E-state index contributed by atoms with van der Waals surface area (Å²) in [6.45, 7) is 1.29. The van der Waals surface area contributed by atoms with Gasteiger partial charge in [0.15, 0.2) is 0 Å². The van der Waals surface area contributed by atoms with Crippen molar-refractivity contribution in [3.8, 4) is 0 Å². The molecule has 1 saturated carbocycles. The van der Waals surface area contributed by atoms with Crippen molar-refractivity contribution in [2.75, 3.05) is 0 Å². The van der Waals surface area contributed by atoms with Crippen molar-refractivity contribution in [2.24, 2.45) is 0 Å². The summed E-state index contributed by atoms with van der Waals surface area (Å²) in [5, 5.41) is 8.41. The third kappa shape index (κ3) is 2.22. The third-order valence-corrected chi connectivity index (χ3v) is 1.64. The van der Waals surface area contributed by atoms with Gasteiger partial charge in [-0.25, -0.2) is 0 Å². The zero-order chi connectivity index (χ0) is 8.48. The lowest BCUT2D eigenvalue weighted by atomic mass is 10.2.